The van der Waals surface area contributed by atoms with Gasteiger partial charge >= 0.3 is 6.03 Å². The first-order chi connectivity index (χ1) is 12.5. The van der Waals surface area contributed by atoms with Crippen LogP contribution in [0, 0.1) is 6.42 Å². The van der Waals surface area contributed by atoms with Crippen molar-refractivity contribution in [3.05, 3.63) is 48.1 Å². The number of nitrogens with zero attached hydrogens (tertiary/aromatic N) is 4. The number of aromatic nitrogens is 4. The van der Waals surface area contributed by atoms with Gasteiger partial charge in [-0.25, -0.2) is 4.79 Å². The largest absolute Gasteiger partial charge is 0.370 e. The van der Waals surface area contributed by atoms with Crippen molar-refractivity contribution in [2.75, 3.05) is 6.54 Å². The molecule has 2 rings (SSSR count). The summed E-state index contributed by atoms with van der Waals surface area (Å²) in [5.41, 5.74) is 11.7. The molecular weight excluding hydrogens is 338 g/mol. The fourth-order valence-corrected chi connectivity index (χ4v) is 2.07. The van der Waals surface area contributed by atoms with Gasteiger partial charge in [-0.05, 0) is 23.6 Å². The van der Waals surface area contributed by atoms with Crippen molar-refractivity contribution in [1.82, 2.24) is 25.5 Å². The van der Waals surface area contributed by atoms with Gasteiger partial charge in [0.2, 0.25) is 5.91 Å². The second-order valence-electron chi connectivity index (χ2n) is 5.56. The lowest BCUT2D eigenvalue weighted by Gasteiger charge is -2.06. The maximum Gasteiger partial charge on any atom is 0.360 e. The number of benzene rings is 1. The third-order valence-electron chi connectivity index (χ3n) is 3.48. The Labute approximate surface area is 149 Å². The van der Waals surface area contributed by atoms with E-state index in [1.165, 1.54) is 0 Å². The van der Waals surface area contributed by atoms with Crippen LogP contribution in [0.3, 0.4) is 0 Å². The Morgan fingerprint density at radius 1 is 1.23 bits per heavy atom. The number of hydrogen-bond acceptors (Lipinski definition) is 7. The smallest absolute Gasteiger partial charge is 0.360 e. The second-order valence-corrected chi connectivity index (χ2v) is 5.56. The van der Waals surface area contributed by atoms with Crippen LogP contribution in [0.15, 0.2) is 30.3 Å². The molecule has 1 aromatic carbocycles. The van der Waals surface area contributed by atoms with Crippen LogP contribution in [0.25, 0.3) is 0 Å². The van der Waals surface area contributed by atoms with E-state index in [0.29, 0.717) is 13.0 Å². The van der Waals surface area contributed by atoms with E-state index in [9.17, 15) is 14.4 Å². The Morgan fingerprint density at radius 2 is 1.96 bits per heavy atom. The van der Waals surface area contributed by atoms with Gasteiger partial charge in [0.15, 0.2) is 11.6 Å². The lowest BCUT2D eigenvalue weighted by Crippen LogP contribution is -2.33. The minimum atomic E-state index is -0.894. The Hall–Kier alpha value is -3.14. The van der Waals surface area contributed by atoms with E-state index in [0.717, 1.165) is 16.8 Å². The van der Waals surface area contributed by atoms with Crippen LogP contribution in [-0.4, -0.2) is 50.5 Å². The monoisotopic (exact) mass is 358 g/mol. The molecule has 0 fully saturated rings. The van der Waals surface area contributed by atoms with Crippen LogP contribution < -0.4 is 16.8 Å². The van der Waals surface area contributed by atoms with E-state index in [1.807, 2.05) is 30.3 Å². The lowest BCUT2D eigenvalue weighted by atomic mass is 10.1. The Bertz CT molecular complexity index is 760. The third kappa shape index (κ3) is 6.06. The highest BCUT2D eigenvalue weighted by Gasteiger charge is 2.19. The number of tetrazole rings is 1. The number of carbonyl (C=O) groups excluding carboxylic acids is 3. The van der Waals surface area contributed by atoms with Crippen molar-refractivity contribution >= 4 is 17.7 Å². The summed E-state index contributed by atoms with van der Waals surface area (Å²) in [6, 6.07) is 8.22. The van der Waals surface area contributed by atoms with Crippen LogP contribution in [0.2, 0.25) is 0 Å². The minimum Gasteiger partial charge on any atom is -0.370 e. The van der Waals surface area contributed by atoms with E-state index in [-0.39, 0.29) is 18.7 Å². The van der Waals surface area contributed by atoms with Crippen LogP contribution >= 0.6 is 0 Å². The minimum absolute atomic E-state index is 0.00465. The van der Waals surface area contributed by atoms with Crippen molar-refractivity contribution in [2.45, 2.75) is 25.3 Å². The van der Waals surface area contributed by atoms with Gasteiger partial charge in [0.25, 0.3) is 0 Å². The molecule has 0 aliphatic rings. The van der Waals surface area contributed by atoms with Gasteiger partial charge in [-0.15, -0.1) is 10.2 Å². The van der Waals surface area contributed by atoms with Gasteiger partial charge in [0.05, 0.1) is 6.04 Å². The molecule has 137 valence electrons. The van der Waals surface area contributed by atoms with Crippen molar-refractivity contribution < 1.29 is 14.4 Å². The number of amides is 2. The standard InChI is InChI=1S/C16H20N7O3/c17-12(6-7-14(18)25)13(24)10-15-20-22-23(21-15)16(26)19-9-8-11-4-2-1-3-5-11/h1-5,10,12H,6-9,17H2,(H2,18,25)(H,19,26)/t12-/m0/s1. The molecule has 0 unspecified atom stereocenters. The number of primary amides is 1. The topological polar surface area (TPSA) is 159 Å². The average molecular weight is 358 g/mol. The van der Waals surface area contributed by atoms with Crippen molar-refractivity contribution in [3.8, 4) is 0 Å². The summed E-state index contributed by atoms with van der Waals surface area (Å²) in [5.74, 6) is -1.05. The summed E-state index contributed by atoms with van der Waals surface area (Å²) < 4.78 is 0. The summed E-state index contributed by atoms with van der Waals surface area (Å²) in [6.07, 6.45) is 1.86. The van der Waals surface area contributed by atoms with Gasteiger partial charge < -0.3 is 16.8 Å². The molecular formula is C16H20N7O3. The van der Waals surface area contributed by atoms with Crippen LogP contribution in [0.1, 0.15) is 24.2 Å². The van der Waals surface area contributed by atoms with E-state index in [4.69, 9.17) is 11.5 Å². The molecule has 2 amide bonds. The normalized spacial score (nSPS) is 11.7. The third-order valence-corrected chi connectivity index (χ3v) is 3.48. The first-order valence-electron chi connectivity index (χ1n) is 8.00. The second kappa shape index (κ2) is 9.37. The predicted molar refractivity (Wildman–Crippen MR) is 91.6 cm³/mol. The van der Waals surface area contributed by atoms with Crippen LogP contribution in [-0.2, 0) is 16.0 Å². The summed E-state index contributed by atoms with van der Waals surface area (Å²) >= 11 is 0. The van der Waals surface area contributed by atoms with Crippen LogP contribution in [0.5, 0.6) is 0 Å². The summed E-state index contributed by atoms with van der Waals surface area (Å²) in [5, 5.41) is 13.7. The quantitative estimate of drug-likeness (QED) is 0.528. The zero-order valence-corrected chi connectivity index (χ0v) is 14.0. The van der Waals surface area contributed by atoms with Crippen molar-refractivity contribution in [3.63, 3.8) is 0 Å². The zero-order chi connectivity index (χ0) is 18.9. The van der Waals surface area contributed by atoms with Crippen molar-refractivity contribution in [2.24, 2.45) is 11.5 Å². The number of carbonyl (C=O) groups is 3. The van der Waals surface area contributed by atoms with Crippen molar-refractivity contribution in [1.29, 1.82) is 0 Å². The van der Waals surface area contributed by atoms with Gasteiger partial charge in [-0.3, -0.25) is 9.59 Å². The molecule has 2 aromatic rings. The van der Waals surface area contributed by atoms with E-state index >= 15 is 0 Å². The Balaban J connectivity index is 1.79. The zero-order valence-electron chi connectivity index (χ0n) is 14.0. The highest BCUT2D eigenvalue weighted by molar-refractivity contribution is 5.94. The first-order valence-corrected chi connectivity index (χ1v) is 8.00. The molecule has 10 nitrogen and oxygen atoms in total. The number of rotatable bonds is 9. The SMILES string of the molecule is NC(=O)CC[C@H](N)C(=O)[CH]c1nnn(C(=O)NCCc2ccccc2)n1. The molecule has 0 saturated carbocycles. The molecule has 26 heavy (non-hydrogen) atoms. The van der Waals surface area contributed by atoms with E-state index in [1.54, 1.807) is 0 Å². The molecule has 1 heterocycles. The molecule has 0 aliphatic carbocycles. The molecule has 1 atom stereocenters. The molecule has 1 radical (unpaired) electrons. The Kier molecular flexibility index (Phi) is 6.92. The van der Waals surface area contributed by atoms with Crippen LogP contribution in [0.4, 0.5) is 4.79 Å². The summed E-state index contributed by atoms with van der Waals surface area (Å²) in [6.45, 7) is 0.403. The number of hydrogen-bond donors (Lipinski definition) is 3. The highest BCUT2D eigenvalue weighted by atomic mass is 16.2. The van der Waals surface area contributed by atoms with Gasteiger partial charge in [-0.2, -0.15) is 0 Å². The predicted octanol–water partition coefficient (Wildman–Crippen LogP) is -0.812. The number of nitrogens with two attached hydrogens (primary N) is 2. The molecule has 10 heteroatoms. The van der Waals surface area contributed by atoms with Gasteiger partial charge in [0.1, 0.15) is 6.42 Å². The lowest BCUT2D eigenvalue weighted by molar-refractivity contribution is -0.119. The fraction of sp³-hybridized carbons (Fsp3) is 0.312. The fourth-order valence-electron chi connectivity index (χ4n) is 2.07. The van der Waals surface area contributed by atoms with Gasteiger partial charge in [-0.1, -0.05) is 35.1 Å². The molecule has 5 N–H and O–H groups in total. The van der Waals surface area contributed by atoms with Gasteiger partial charge in [0, 0.05) is 13.0 Å². The molecule has 0 spiro atoms. The first kappa shape index (κ1) is 19.2. The van der Waals surface area contributed by atoms with E-state index in [2.05, 4.69) is 20.7 Å². The molecule has 0 bridgehead atoms. The number of ketones is 1. The number of nitrogens with one attached hydrogen (secondary N) is 1. The maximum atomic E-state index is 12.0. The summed E-state index contributed by atoms with van der Waals surface area (Å²) in [4.78, 5) is 35.3. The highest BCUT2D eigenvalue weighted by Crippen LogP contribution is 2.02. The van der Waals surface area contributed by atoms with E-state index < -0.39 is 23.8 Å². The molecule has 1 aromatic heterocycles. The number of Topliss-reactive ketones (excluding diaryl/α,β-unsaturated/α-hetero) is 1. The Morgan fingerprint density at radius 3 is 2.65 bits per heavy atom. The summed E-state index contributed by atoms with van der Waals surface area (Å²) in [7, 11) is 0. The average Bonchev–Trinajstić information content (AvgIpc) is 3.09. The molecule has 0 saturated heterocycles. The molecule has 0 aliphatic heterocycles. The maximum absolute atomic E-state index is 12.0.